The molecule has 3 N–H and O–H groups in total. The van der Waals surface area contributed by atoms with Gasteiger partial charge in [-0.25, -0.2) is 4.98 Å². The maximum Gasteiger partial charge on any atom is 0.180 e. The highest BCUT2D eigenvalue weighted by Crippen LogP contribution is 2.43. The van der Waals surface area contributed by atoms with E-state index in [-0.39, 0.29) is 5.92 Å². The molecule has 2 rings (SSSR count). The maximum absolute atomic E-state index is 10.3. The van der Waals surface area contributed by atoms with Gasteiger partial charge in [-0.15, -0.1) is 0 Å². The van der Waals surface area contributed by atoms with E-state index in [4.69, 9.17) is 5.73 Å². The molecule has 1 aromatic heterocycles. The fraction of sp³-hybridized carbons (Fsp3) is 0.625. The highest BCUT2D eigenvalue weighted by Gasteiger charge is 2.41. The molecular formula is C8H12N2OS2. The van der Waals surface area contributed by atoms with Gasteiger partial charge >= 0.3 is 0 Å². The van der Waals surface area contributed by atoms with Gasteiger partial charge in [0.05, 0.1) is 4.88 Å². The third-order valence-corrected chi connectivity index (χ3v) is 4.83. The predicted molar refractivity (Wildman–Crippen MR) is 56.9 cm³/mol. The van der Waals surface area contributed by atoms with Crippen molar-refractivity contribution in [1.82, 2.24) is 4.98 Å². The second kappa shape index (κ2) is 3.15. The Bertz CT molecular complexity index is 315. The summed E-state index contributed by atoms with van der Waals surface area (Å²) in [6, 6.07) is 0. The first-order chi connectivity index (χ1) is 6.13. The zero-order valence-electron chi connectivity index (χ0n) is 7.36. The molecule has 0 aliphatic carbocycles. The molecule has 2 atom stereocenters. The van der Waals surface area contributed by atoms with Gasteiger partial charge in [-0.05, 0) is 11.7 Å². The van der Waals surface area contributed by atoms with E-state index in [2.05, 4.69) is 11.9 Å². The molecule has 2 heterocycles. The van der Waals surface area contributed by atoms with Crippen LogP contribution in [0.1, 0.15) is 11.8 Å². The quantitative estimate of drug-likeness (QED) is 0.743. The lowest BCUT2D eigenvalue weighted by molar-refractivity contribution is 0.0269. The fourth-order valence-corrected chi connectivity index (χ4v) is 3.95. The Morgan fingerprint density at radius 2 is 2.54 bits per heavy atom. The molecule has 1 aromatic rings. The number of nitrogens with zero attached hydrogens (tertiary/aromatic N) is 1. The lowest BCUT2D eigenvalue weighted by Crippen LogP contribution is -2.31. The van der Waals surface area contributed by atoms with Crippen molar-refractivity contribution >= 4 is 28.2 Å². The van der Waals surface area contributed by atoms with Crippen LogP contribution in [0.15, 0.2) is 6.20 Å². The van der Waals surface area contributed by atoms with Gasteiger partial charge in [0.2, 0.25) is 0 Å². The molecule has 5 heteroatoms. The van der Waals surface area contributed by atoms with Crippen LogP contribution in [0, 0.1) is 5.92 Å². The van der Waals surface area contributed by atoms with Crippen molar-refractivity contribution in [2.75, 3.05) is 17.2 Å². The second-order valence-corrected chi connectivity index (χ2v) is 5.50. The molecular weight excluding hydrogens is 204 g/mol. The van der Waals surface area contributed by atoms with Gasteiger partial charge in [-0.2, -0.15) is 11.8 Å². The van der Waals surface area contributed by atoms with E-state index in [1.165, 1.54) is 11.3 Å². The number of aromatic nitrogens is 1. The van der Waals surface area contributed by atoms with Crippen molar-refractivity contribution in [3.05, 3.63) is 11.1 Å². The SMILES string of the molecule is CC1CSCC1(O)c1cnc(N)s1. The first-order valence-electron chi connectivity index (χ1n) is 4.15. The highest BCUT2D eigenvalue weighted by molar-refractivity contribution is 7.99. The Labute approximate surface area is 85.4 Å². The van der Waals surface area contributed by atoms with Crippen molar-refractivity contribution in [3.63, 3.8) is 0 Å². The van der Waals surface area contributed by atoms with E-state index in [0.29, 0.717) is 5.13 Å². The van der Waals surface area contributed by atoms with Crippen molar-refractivity contribution in [3.8, 4) is 0 Å². The van der Waals surface area contributed by atoms with Crippen molar-refractivity contribution in [2.24, 2.45) is 5.92 Å². The molecule has 2 unspecified atom stereocenters. The van der Waals surface area contributed by atoms with Gasteiger partial charge in [-0.1, -0.05) is 18.3 Å². The van der Waals surface area contributed by atoms with Gasteiger partial charge < -0.3 is 10.8 Å². The van der Waals surface area contributed by atoms with E-state index >= 15 is 0 Å². The second-order valence-electron chi connectivity index (χ2n) is 3.40. The Morgan fingerprint density at radius 3 is 3.00 bits per heavy atom. The third-order valence-electron chi connectivity index (χ3n) is 2.46. The first kappa shape index (κ1) is 9.30. The fourth-order valence-electron chi connectivity index (χ4n) is 1.47. The number of aliphatic hydroxyl groups is 1. The normalized spacial score (nSPS) is 33.8. The van der Waals surface area contributed by atoms with E-state index < -0.39 is 5.60 Å². The molecule has 0 radical (unpaired) electrons. The first-order valence-corrected chi connectivity index (χ1v) is 6.12. The molecule has 0 amide bonds. The van der Waals surface area contributed by atoms with Gasteiger partial charge in [-0.3, -0.25) is 0 Å². The summed E-state index contributed by atoms with van der Waals surface area (Å²) in [5, 5.41) is 10.9. The summed E-state index contributed by atoms with van der Waals surface area (Å²) in [6.07, 6.45) is 1.70. The van der Waals surface area contributed by atoms with Gasteiger partial charge in [0.1, 0.15) is 5.60 Å². The van der Waals surface area contributed by atoms with E-state index in [1.807, 2.05) is 0 Å². The van der Waals surface area contributed by atoms with Gasteiger partial charge in [0.25, 0.3) is 0 Å². The number of anilines is 1. The number of thioether (sulfide) groups is 1. The lowest BCUT2D eigenvalue weighted by atomic mass is 9.92. The molecule has 13 heavy (non-hydrogen) atoms. The minimum atomic E-state index is -0.694. The third kappa shape index (κ3) is 1.45. The van der Waals surface area contributed by atoms with Crippen LogP contribution in [0.4, 0.5) is 5.13 Å². The van der Waals surface area contributed by atoms with E-state index in [1.54, 1.807) is 18.0 Å². The van der Waals surface area contributed by atoms with Gasteiger partial charge in [0, 0.05) is 11.9 Å². The topological polar surface area (TPSA) is 59.1 Å². The Balaban J connectivity index is 2.33. The Kier molecular flexibility index (Phi) is 2.25. The Hall–Kier alpha value is -0.260. The summed E-state index contributed by atoms with van der Waals surface area (Å²) in [5.74, 6) is 2.06. The Morgan fingerprint density at radius 1 is 1.77 bits per heavy atom. The number of nitrogens with two attached hydrogens (primary N) is 1. The molecule has 1 fully saturated rings. The minimum Gasteiger partial charge on any atom is -0.383 e. The molecule has 1 aliphatic heterocycles. The molecule has 0 saturated carbocycles. The van der Waals surface area contributed by atoms with E-state index in [9.17, 15) is 5.11 Å². The van der Waals surface area contributed by atoms with Crippen LogP contribution in [0.3, 0.4) is 0 Å². The van der Waals surface area contributed by atoms with Crippen molar-refractivity contribution < 1.29 is 5.11 Å². The van der Waals surface area contributed by atoms with Crippen LogP contribution in [-0.2, 0) is 5.60 Å². The number of hydrogen-bond donors (Lipinski definition) is 2. The average molecular weight is 216 g/mol. The van der Waals surface area contributed by atoms with E-state index in [0.717, 1.165) is 16.4 Å². The number of rotatable bonds is 1. The molecule has 72 valence electrons. The zero-order valence-corrected chi connectivity index (χ0v) is 8.99. The van der Waals surface area contributed by atoms with Gasteiger partial charge in [0.15, 0.2) is 5.13 Å². The number of thiazole rings is 1. The van der Waals surface area contributed by atoms with Crippen LogP contribution < -0.4 is 5.73 Å². The number of hydrogen-bond acceptors (Lipinski definition) is 5. The highest BCUT2D eigenvalue weighted by atomic mass is 32.2. The summed E-state index contributed by atoms with van der Waals surface area (Å²) < 4.78 is 0. The summed E-state index contributed by atoms with van der Waals surface area (Å²) >= 11 is 3.17. The van der Waals surface area contributed by atoms with Crippen molar-refractivity contribution in [2.45, 2.75) is 12.5 Å². The smallest absolute Gasteiger partial charge is 0.180 e. The average Bonchev–Trinajstić information content (AvgIpc) is 2.62. The minimum absolute atomic E-state index is 0.289. The molecule has 1 saturated heterocycles. The van der Waals surface area contributed by atoms with Crippen LogP contribution in [-0.4, -0.2) is 21.6 Å². The maximum atomic E-state index is 10.3. The standard InChI is InChI=1S/C8H12N2OS2/c1-5-3-12-4-8(5,11)6-2-10-7(9)13-6/h2,5,11H,3-4H2,1H3,(H2,9,10). The summed E-state index contributed by atoms with van der Waals surface area (Å²) in [5.41, 5.74) is 4.85. The predicted octanol–water partition coefficient (Wildman–Crippen LogP) is 1.30. The monoisotopic (exact) mass is 216 g/mol. The molecule has 0 bridgehead atoms. The largest absolute Gasteiger partial charge is 0.383 e. The molecule has 3 nitrogen and oxygen atoms in total. The number of nitrogen functional groups attached to an aromatic ring is 1. The zero-order chi connectivity index (χ0) is 9.47. The summed E-state index contributed by atoms with van der Waals surface area (Å²) in [6.45, 7) is 2.07. The summed E-state index contributed by atoms with van der Waals surface area (Å²) in [4.78, 5) is 4.87. The van der Waals surface area contributed by atoms with Crippen LogP contribution in [0.5, 0.6) is 0 Å². The van der Waals surface area contributed by atoms with Crippen LogP contribution in [0.25, 0.3) is 0 Å². The summed E-state index contributed by atoms with van der Waals surface area (Å²) in [7, 11) is 0. The van der Waals surface area contributed by atoms with Crippen LogP contribution >= 0.6 is 23.1 Å². The molecule has 0 aromatic carbocycles. The molecule has 1 aliphatic rings. The molecule has 0 spiro atoms. The van der Waals surface area contributed by atoms with Crippen molar-refractivity contribution in [1.29, 1.82) is 0 Å². The lowest BCUT2D eigenvalue weighted by Gasteiger charge is -2.24. The van der Waals surface area contributed by atoms with Crippen LogP contribution in [0.2, 0.25) is 0 Å².